The lowest BCUT2D eigenvalue weighted by Crippen LogP contribution is -2.38. The fourth-order valence-corrected chi connectivity index (χ4v) is 5.84. The van der Waals surface area contributed by atoms with E-state index in [1.165, 1.54) is 0 Å². The van der Waals surface area contributed by atoms with Crippen molar-refractivity contribution in [2.24, 2.45) is 10.9 Å². The third kappa shape index (κ3) is 5.89. The van der Waals surface area contributed by atoms with Crippen LogP contribution >= 0.6 is 0 Å². The molecule has 5 rings (SSSR count). The Morgan fingerprint density at radius 3 is 2.41 bits per heavy atom. The molecule has 3 atom stereocenters. The molecular weight excluding hydrogens is 518 g/mol. The molecule has 1 heterocycles. The number of carbonyl (C=O) groups excluding carboxylic acids is 2. The second-order valence-corrected chi connectivity index (χ2v) is 10.3. The van der Waals surface area contributed by atoms with Crippen LogP contribution in [0.3, 0.4) is 0 Å². The van der Waals surface area contributed by atoms with Gasteiger partial charge in [-0.25, -0.2) is 0 Å². The van der Waals surface area contributed by atoms with Crippen molar-refractivity contribution in [1.29, 1.82) is 0 Å². The number of ether oxygens (including phenoxy) is 4. The lowest BCUT2D eigenvalue weighted by atomic mass is 9.69. The van der Waals surface area contributed by atoms with Gasteiger partial charge in [0, 0.05) is 29.3 Å². The van der Waals surface area contributed by atoms with E-state index < -0.39 is 11.8 Å². The van der Waals surface area contributed by atoms with E-state index in [9.17, 15) is 9.59 Å². The van der Waals surface area contributed by atoms with Crippen molar-refractivity contribution >= 4 is 17.5 Å². The van der Waals surface area contributed by atoms with E-state index in [1.807, 2.05) is 79.7 Å². The Morgan fingerprint density at radius 1 is 0.902 bits per heavy atom. The van der Waals surface area contributed by atoms with Gasteiger partial charge in [0.25, 0.3) is 0 Å². The molecule has 1 unspecified atom stereocenters. The summed E-state index contributed by atoms with van der Waals surface area (Å²) in [6.07, 6.45) is 0.878. The number of carbonyl (C=O) groups is 2. The summed E-state index contributed by atoms with van der Waals surface area (Å²) < 4.78 is 22.5. The molecule has 7 nitrogen and oxygen atoms in total. The highest BCUT2D eigenvalue weighted by atomic mass is 16.5. The van der Waals surface area contributed by atoms with Crippen LogP contribution in [0.4, 0.5) is 0 Å². The summed E-state index contributed by atoms with van der Waals surface area (Å²) in [6.45, 7) is 4.29. The molecule has 0 bridgehead atoms. The number of ketones is 1. The predicted molar refractivity (Wildman–Crippen MR) is 157 cm³/mol. The number of esters is 1. The highest BCUT2D eigenvalue weighted by Crippen LogP contribution is 2.48. The van der Waals surface area contributed by atoms with Gasteiger partial charge >= 0.3 is 5.97 Å². The summed E-state index contributed by atoms with van der Waals surface area (Å²) in [5, 5.41) is 0. The number of hydrogen-bond acceptors (Lipinski definition) is 7. The first-order valence-corrected chi connectivity index (χ1v) is 13.9. The van der Waals surface area contributed by atoms with Crippen molar-refractivity contribution in [3.05, 3.63) is 101 Å². The number of Topliss-reactive ketones (excluding diaryl/α,β-unsaturated/α-hetero) is 1. The van der Waals surface area contributed by atoms with Gasteiger partial charge in [-0.05, 0) is 67.1 Å². The number of hydrogen-bond donors (Lipinski definition) is 0. The zero-order valence-electron chi connectivity index (χ0n) is 23.9. The van der Waals surface area contributed by atoms with Gasteiger partial charge in [-0.2, -0.15) is 0 Å². The average molecular weight is 554 g/mol. The topological polar surface area (TPSA) is 83.4 Å². The normalized spacial score (nSPS) is 20.1. The van der Waals surface area contributed by atoms with Gasteiger partial charge in [0.15, 0.2) is 17.3 Å². The van der Waals surface area contributed by atoms with Gasteiger partial charge in [0.05, 0.1) is 20.8 Å². The summed E-state index contributed by atoms with van der Waals surface area (Å²) in [5.41, 5.74) is 4.81. The molecule has 3 aromatic rings. The van der Waals surface area contributed by atoms with Crippen LogP contribution in [0.2, 0.25) is 0 Å². The largest absolute Gasteiger partial charge is 0.493 e. The fourth-order valence-electron chi connectivity index (χ4n) is 5.84. The minimum absolute atomic E-state index is 0.0165. The smallest absolute Gasteiger partial charge is 0.315 e. The fraction of sp³-hybridized carbons (Fsp3) is 0.324. The van der Waals surface area contributed by atoms with Crippen LogP contribution in [0.1, 0.15) is 55.2 Å². The maximum Gasteiger partial charge on any atom is 0.315 e. The summed E-state index contributed by atoms with van der Waals surface area (Å²) in [4.78, 5) is 32.1. The third-order valence-electron chi connectivity index (χ3n) is 7.77. The number of benzene rings is 3. The molecule has 2 aliphatic rings. The van der Waals surface area contributed by atoms with Crippen LogP contribution in [0, 0.1) is 5.92 Å². The minimum atomic E-state index is -0.695. The standard InChI is InChI=1S/C34H35NO6/c1-5-40-34(37)31-21(2)35-27-17-25(23-14-15-29(38-3)30(19-23)39-4)18-28(36)33(27)32(31)24-12-9-13-26(16-24)41-20-22-10-7-6-8-11-22/h6-16,19,25,31-32H,5,17-18,20H2,1-4H3/t25-,31?,32+/m1/s1. The summed E-state index contributed by atoms with van der Waals surface area (Å²) in [5.74, 6) is 0.249. The number of methoxy groups -OCH3 is 2. The number of allylic oxidation sites excluding steroid dienone is 2. The Balaban J connectivity index is 1.51. The van der Waals surface area contributed by atoms with E-state index in [0.717, 1.165) is 22.4 Å². The van der Waals surface area contributed by atoms with Crippen LogP contribution in [0.15, 0.2) is 89.1 Å². The van der Waals surface area contributed by atoms with E-state index in [2.05, 4.69) is 0 Å². The van der Waals surface area contributed by atoms with Gasteiger partial charge in [0.2, 0.25) is 0 Å². The molecule has 0 spiro atoms. The zero-order valence-corrected chi connectivity index (χ0v) is 23.9. The van der Waals surface area contributed by atoms with Gasteiger partial charge in [-0.3, -0.25) is 14.6 Å². The maximum absolute atomic E-state index is 13.9. The summed E-state index contributed by atoms with van der Waals surface area (Å²) in [6, 6.07) is 23.3. The lowest BCUT2D eigenvalue weighted by Gasteiger charge is -2.36. The van der Waals surface area contributed by atoms with E-state index in [1.54, 1.807) is 21.1 Å². The average Bonchev–Trinajstić information content (AvgIpc) is 2.99. The first-order chi connectivity index (χ1) is 19.9. The molecule has 0 N–H and O–H groups in total. The molecule has 1 aliphatic heterocycles. The monoisotopic (exact) mass is 553 g/mol. The van der Waals surface area contributed by atoms with Crippen molar-refractivity contribution < 1.29 is 28.5 Å². The molecule has 7 heteroatoms. The Hall–Kier alpha value is -4.39. The summed E-state index contributed by atoms with van der Waals surface area (Å²) >= 11 is 0. The second kappa shape index (κ2) is 12.4. The maximum atomic E-state index is 13.9. The molecular formula is C34H35NO6. The van der Waals surface area contributed by atoms with Crippen molar-refractivity contribution in [3.8, 4) is 17.2 Å². The number of nitrogens with zero attached hydrogens (tertiary/aromatic N) is 1. The SMILES string of the molecule is CCOC(=O)C1C(C)=NC2=C(C(=O)C[C@H](c3ccc(OC)c(OC)c3)C2)[C@H]1c1cccc(OCc2ccccc2)c1. The van der Waals surface area contributed by atoms with Crippen LogP contribution in [0.5, 0.6) is 17.2 Å². The molecule has 0 amide bonds. The van der Waals surface area contributed by atoms with E-state index in [-0.39, 0.29) is 24.3 Å². The van der Waals surface area contributed by atoms with Crippen LogP contribution in [-0.4, -0.2) is 38.3 Å². The van der Waals surface area contributed by atoms with Gasteiger partial charge < -0.3 is 18.9 Å². The lowest BCUT2D eigenvalue weighted by molar-refractivity contribution is -0.146. The van der Waals surface area contributed by atoms with E-state index >= 15 is 0 Å². The van der Waals surface area contributed by atoms with Crippen molar-refractivity contribution in [2.45, 2.75) is 45.1 Å². The Labute approximate surface area is 240 Å². The molecule has 0 saturated carbocycles. The minimum Gasteiger partial charge on any atom is -0.493 e. The molecule has 0 aromatic heterocycles. The Kier molecular flexibility index (Phi) is 8.53. The van der Waals surface area contributed by atoms with Gasteiger partial charge in [-0.1, -0.05) is 48.5 Å². The molecule has 0 saturated heterocycles. The Bertz CT molecular complexity index is 1490. The van der Waals surface area contributed by atoms with Crippen LogP contribution in [-0.2, 0) is 20.9 Å². The molecule has 1 aliphatic carbocycles. The third-order valence-corrected chi connectivity index (χ3v) is 7.77. The summed E-state index contributed by atoms with van der Waals surface area (Å²) in [7, 11) is 3.20. The van der Waals surface area contributed by atoms with Crippen molar-refractivity contribution in [3.63, 3.8) is 0 Å². The van der Waals surface area contributed by atoms with Gasteiger partial charge in [0.1, 0.15) is 18.3 Å². The zero-order chi connectivity index (χ0) is 28.9. The van der Waals surface area contributed by atoms with Crippen molar-refractivity contribution in [1.82, 2.24) is 0 Å². The quantitative estimate of drug-likeness (QED) is 0.284. The van der Waals surface area contributed by atoms with Gasteiger partial charge in [-0.15, -0.1) is 0 Å². The molecule has 0 fully saturated rings. The van der Waals surface area contributed by atoms with Crippen LogP contribution in [0.25, 0.3) is 0 Å². The van der Waals surface area contributed by atoms with Crippen molar-refractivity contribution in [2.75, 3.05) is 20.8 Å². The number of rotatable bonds is 9. The predicted octanol–water partition coefficient (Wildman–Crippen LogP) is 6.42. The second-order valence-electron chi connectivity index (χ2n) is 10.3. The highest BCUT2D eigenvalue weighted by molar-refractivity contribution is 6.09. The first-order valence-electron chi connectivity index (χ1n) is 13.9. The molecule has 3 aromatic carbocycles. The van der Waals surface area contributed by atoms with Crippen LogP contribution < -0.4 is 14.2 Å². The molecule has 0 radical (unpaired) electrons. The Morgan fingerprint density at radius 2 is 1.68 bits per heavy atom. The van der Waals surface area contributed by atoms with E-state index in [4.69, 9.17) is 23.9 Å². The van der Waals surface area contributed by atoms with E-state index in [0.29, 0.717) is 48.0 Å². The first kappa shape index (κ1) is 28.1. The molecule has 212 valence electrons. The highest BCUT2D eigenvalue weighted by Gasteiger charge is 2.45. The molecule has 41 heavy (non-hydrogen) atoms. The number of aliphatic imine (C=N–C) groups is 1.